The number of nitrogens with zero attached hydrogens (tertiary/aromatic N) is 2. The van der Waals surface area contributed by atoms with Crippen LogP contribution in [0.2, 0.25) is 0 Å². The van der Waals surface area contributed by atoms with Crippen molar-refractivity contribution < 1.29 is 18.0 Å². The van der Waals surface area contributed by atoms with Crippen LogP contribution in [0, 0.1) is 5.92 Å². The molecular weight excluding hydrogens is 356 g/mol. The van der Waals surface area contributed by atoms with Gasteiger partial charge < -0.3 is 15.1 Å². The normalized spacial score (nSPS) is 17.8. The second-order valence-corrected chi connectivity index (χ2v) is 8.34. The number of sulfonamides is 1. The predicted octanol–water partition coefficient (Wildman–Crippen LogP) is -0.597. The van der Waals surface area contributed by atoms with Gasteiger partial charge in [-0.1, -0.05) is 12.1 Å². The van der Waals surface area contributed by atoms with E-state index in [2.05, 4.69) is 5.32 Å². The number of rotatable bonds is 8. The smallest absolute Gasteiger partial charge is 0.238 e. The zero-order valence-corrected chi connectivity index (χ0v) is 16.0. The minimum Gasteiger partial charge on any atom is -0.355 e. The number of primary sulfonamides is 1. The SMILES string of the molecule is CN(C)CCN1CC(C(=O)NCCc2ccc(S(N)(=O)=O)cc2)CC1=O. The van der Waals surface area contributed by atoms with Crippen LogP contribution < -0.4 is 10.5 Å². The summed E-state index contributed by atoms with van der Waals surface area (Å²) in [6, 6.07) is 6.25. The van der Waals surface area contributed by atoms with E-state index in [1.165, 1.54) is 12.1 Å². The Hall–Kier alpha value is -1.97. The van der Waals surface area contributed by atoms with E-state index in [0.29, 0.717) is 26.1 Å². The van der Waals surface area contributed by atoms with E-state index in [1.54, 1.807) is 17.0 Å². The molecule has 2 rings (SSSR count). The molecular formula is C17H26N4O4S. The third-order valence-corrected chi connectivity index (χ3v) is 5.30. The van der Waals surface area contributed by atoms with Gasteiger partial charge in [-0.2, -0.15) is 0 Å². The number of hydrogen-bond acceptors (Lipinski definition) is 5. The lowest BCUT2D eigenvalue weighted by molar-refractivity contribution is -0.129. The highest BCUT2D eigenvalue weighted by molar-refractivity contribution is 7.89. The highest BCUT2D eigenvalue weighted by atomic mass is 32.2. The first-order valence-corrected chi connectivity index (χ1v) is 10.0. The Morgan fingerprint density at radius 1 is 1.31 bits per heavy atom. The molecule has 9 heteroatoms. The lowest BCUT2D eigenvalue weighted by Gasteiger charge is -2.19. The number of likely N-dealkylation sites (tertiary alicyclic amines) is 1. The first-order valence-electron chi connectivity index (χ1n) is 8.49. The third-order valence-electron chi connectivity index (χ3n) is 4.37. The van der Waals surface area contributed by atoms with Gasteiger partial charge in [0, 0.05) is 32.6 Å². The molecule has 1 atom stereocenters. The second kappa shape index (κ2) is 8.61. The molecule has 0 aromatic heterocycles. The van der Waals surface area contributed by atoms with Gasteiger partial charge in [-0.05, 0) is 38.2 Å². The maximum atomic E-state index is 12.3. The van der Waals surface area contributed by atoms with Gasteiger partial charge in [-0.25, -0.2) is 13.6 Å². The molecule has 3 N–H and O–H groups in total. The van der Waals surface area contributed by atoms with Crippen LogP contribution in [0.4, 0.5) is 0 Å². The van der Waals surface area contributed by atoms with Crippen molar-refractivity contribution in [3.8, 4) is 0 Å². The van der Waals surface area contributed by atoms with Crippen molar-refractivity contribution in [2.45, 2.75) is 17.7 Å². The van der Waals surface area contributed by atoms with E-state index < -0.39 is 10.0 Å². The van der Waals surface area contributed by atoms with Gasteiger partial charge in [-0.15, -0.1) is 0 Å². The summed E-state index contributed by atoms with van der Waals surface area (Å²) in [6.07, 6.45) is 0.823. The van der Waals surface area contributed by atoms with Crippen LogP contribution in [0.15, 0.2) is 29.2 Å². The summed E-state index contributed by atoms with van der Waals surface area (Å²) in [5, 5.41) is 7.91. The molecule has 0 aliphatic carbocycles. The van der Waals surface area contributed by atoms with Gasteiger partial charge in [0.1, 0.15) is 0 Å². The van der Waals surface area contributed by atoms with Crippen LogP contribution in [0.5, 0.6) is 0 Å². The van der Waals surface area contributed by atoms with E-state index in [-0.39, 0.29) is 29.0 Å². The van der Waals surface area contributed by atoms with E-state index in [4.69, 9.17) is 5.14 Å². The van der Waals surface area contributed by atoms with E-state index >= 15 is 0 Å². The van der Waals surface area contributed by atoms with Crippen molar-refractivity contribution in [3.05, 3.63) is 29.8 Å². The van der Waals surface area contributed by atoms with E-state index in [0.717, 1.165) is 12.1 Å². The highest BCUT2D eigenvalue weighted by Crippen LogP contribution is 2.17. The van der Waals surface area contributed by atoms with Gasteiger partial charge in [0.15, 0.2) is 0 Å². The molecule has 144 valence electrons. The fourth-order valence-electron chi connectivity index (χ4n) is 2.80. The summed E-state index contributed by atoms with van der Waals surface area (Å²) >= 11 is 0. The van der Waals surface area contributed by atoms with Crippen molar-refractivity contribution in [2.75, 3.05) is 40.3 Å². The van der Waals surface area contributed by atoms with E-state index in [9.17, 15) is 18.0 Å². The molecule has 26 heavy (non-hydrogen) atoms. The molecule has 0 bridgehead atoms. The molecule has 0 radical (unpaired) electrons. The molecule has 1 unspecified atom stereocenters. The fraction of sp³-hybridized carbons (Fsp3) is 0.529. The molecule has 1 saturated heterocycles. The maximum absolute atomic E-state index is 12.3. The number of amides is 2. The maximum Gasteiger partial charge on any atom is 0.238 e. The molecule has 0 saturated carbocycles. The zero-order valence-electron chi connectivity index (χ0n) is 15.1. The van der Waals surface area contributed by atoms with Crippen molar-refractivity contribution in [3.63, 3.8) is 0 Å². The van der Waals surface area contributed by atoms with Crippen LogP contribution in [-0.4, -0.2) is 70.3 Å². The number of carbonyl (C=O) groups is 2. The van der Waals surface area contributed by atoms with Gasteiger partial charge in [0.25, 0.3) is 0 Å². The number of likely N-dealkylation sites (N-methyl/N-ethyl adjacent to an activating group) is 1. The Bertz CT molecular complexity index is 747. The highest BCUT2D eigenvalue weighted by Gasteiger charge is 2.33. The number of nitrogens with one attached hydrogen (secondary N) is 1. The third kappa shape index (κ3) is 5.79. The number of hydrogen-bond donors (Lipinski definition) is 2. The molecule has 2 amide bonds. The lowest BCUT2D eigenvalue weighted by atomic mass is 10.1. The Morgan fingerprint density at radius 2 is 1.96 bits per heavy atom. The van der Waals surface area contributed by atoms with Crippen LogP contribution in [-0.2, 0) is 26.0 Å². The minimum atomic E-state index is -3.69. The summed E-state index contributed by atoms with van der Waals surface area (Å²) in [5.74, 6) is -0.410. The molecule has 1 heterocycles. The predicted molar refractivity (Wildman–Crippen MR) is 97.8 cm³/mol. The largest absolute Gasteiger partial charge is 0.355 e. The molecule has 1 aromatic rings. The van der Waals surface area contributed by atoms with Crippen molar-refractivity contribution in [1.29, 1.82) is 0 Å². The van der Waals surface area contributed by atoms with Gasteiger partial charge >= 0.3 is 0 Å². The molecule has 1 aromatic carbocycles. The standard InChI is InChI=1S/C17H26N4O4S/c1-20(2)9-10-21-12-14(11-16(21)22)17(23)19-8-7-13-3-5-15(6-4-13)26(18,24)25/h3-6,14H,7-12H2,1-2H3,(H,19,23)(H2,18,24,25). The Morgan fingerprint density at radius 3 is 2.54 bits per heavy atom. The summed E-state index contributed by atoms with van der Waals surface area (Å²) < 4.78 is 22.4. The quantitative estimate of drug-likeness (QED) is 0.624. The summed E-state index contributed by atoms with van der Waals surface area (Å²) in [7, 11) is 0.195. The molecule has 1 fully saturated rings. The number of carbonyl (C=O) groups excluding carboxylic acids is 2. The Kier molecular flexibility index (Phi) is 6.74. The summed E-state index contributed by atoms with van der Waals surface area (Å²) in [6.45, 7) is 2.29. The average molecular weight is 382 g/mol. The first kappa shape index (κ1) is 20.3. The fourth-order valence-corrected chi connectivity index (χ4v) is 3.32. The monoisotopic (exact) mass is 382 g/mol. The molecule has 8 nitrogen and oxygen atoms in total. The van der Waals surface area contributed by atoms with E-state index in [1.807, 2.05) is 19.0 Å². The Balaban J connectivity index is 1.78. The Labute approximate surface area is 154 Å². The number of benzene rings is 1. The number of nitrogens with two attached hydrogens (primary N) is 1. The average Bonchev–Trinajstić information content (AvgIpc) is 2.93. The van der Waals surface area contributed by atoms with Crippen LogP contribution in [0.25, 0.3) is 0 Å². The topological polar surface area (TPSA) is 113 Å². The summed E-state index contributed by atoms with van der Waals surface area (Å²) in [4.78, 5) is 28.0. The van der Waals surface area contributed by atoms with Crippen molar-refractivity contribution >= 4 is 21.8 Å². The van der Waals surface area contributed by atoms with Gasteiger partial charge in [0.2, 0.25) is 21.8 Å². The van der Waals surface area contributed by atoms with Crippen molar-refractivity contribution in [1.82, 2.24) is 15.1 Å². The van der Waals surface area contributed by atoms with Crippen LogP contribution in [0.1, 0.15) is 12.0 Å². The molecule has 1 aliphatic heterocycles. The van der Waals surface area contributed by atoms with Gasteiger partial charge in [-0.3, -0.25) is 9.59 Å². The van der Waals surface area contributed by atoms with Crippen molar-refractivity contribution in [2.24, 2.45) is 11.1 Å². The van der Waals surface area contributed by atoms with Crippen LogP contribution >= 0.6 is 0 Å². The molecule has 0 spiro atoms. The molecule has 1 aliphatic rings. The second-order valence-electron chi connectivity index (χ2n) is 6.77. The zero-order chi connectivity index (χ0) is 19.3. The van der Waals surface area contributed by atoms with Gasteiger partial charge in [0.05, 0.1) is 10.8 Å². The summed E-state index contributed by atoms with van der Waals surface area (Å²) in [5.41, 5.74) is 0.896. The first-order chi connectivity index (χ1) is 12.2. The van der Waals surface area contributed by atoms with Crippen LogP contribution in [0.3, 0.4) is 0 Å². The lowest BCUT2D eigenvalue weighted by Crippen LogP contribution is -2.36. The minimum absolute atomic E-state index is 0.0191.